The molecule has 0 aliphatic carbocycles. The summed E-state index contributed by atoms with van der Waals surface area (Å²) in [6, 6.07) is 8.70. The Morgan fingerprint density at radius 2 is 1.84 bits per heavy atom. The van der Waals surface area contributed by atoms with Gasteiger partial charge in [-0.3, -0.25) is 9.79 Å². The summed E-state index contributed by atoms with van der Waals surface area (Å²) in [7, 11) is -1.75. The maximum absolute atomic E-state index is 13.2. The van der Waals surface area contributed by atoms with Crippen LogP contribution in [0.2, 0.25) is 24.7 Å². The van der Waals surface area contributed by atoms with Crippen molar-refractivity contribution in [2.24, 2.45) is 4.99 Å². The summed E-state index contributed by atoms with van der Waals surface area (Å²) in [6.07, 6.45) is 0. The number of amides is 3. The number of rotatable bonds is 5. The lowest BCUT2D eigenvalue weighted by Gasteiger charge is -2.36. The number of aliphatic imine (C=N–C) groups is 1. The fraction of sp³-hybridized carbons (Fsp3) is 0.542. The first kappa shape index (κ1) is 24.2. The molecule has 0 aromatic heterocycles. The molecule has 3 amide bonds. The van der Waals surface area contributed by atoms with Crippen LogP contribution in [-0.4, -0.2) is 61.1 Å². The lowest BCUT2D eigenvalue weighted by molar-refractivity contribution is -0.122. The van der Waals surface area contributed by atoms with E-state index in [0.717, 1.165) is 16.7 Å². The Morgan fingerprint density at radius 3 is 2.41 bits per heavy atom. The molecule has 3 rings (SSSR count). The predicted octanol–water partition coefficient (Wildman–Crippen LogP) is 3.47. The van der Waals surface area contributed by atoms with Crippen LogP contribution < -0.4 is 10.6 Å². The zero-order chi connectivity index (χ0) is 23.9. The number of benzene rings is 1. The van der Waals surface area contributed by atoms with Crippen LogP contribution in [0.4, 0.5) is 4.79 Å². The van der Waals surface area contributed by atoms with E-state index in [-0.39, 0.29) is 18.5 Å². The van der Waals surface area contributed by atoms with Crippen molar-refractivity contribution in [1.82, 2.24) is 15.5 Å². The van der Waals surface area contributed by atoms with Crippen LogP contribution in [0.5, 0.6) is 0 Å². The number of nitrogens with zero attached hydrogens (tertiary/aromatic N) is 2. The first-order valence-electron chi connectivity index (χ1n) is 11.1. The molecule has 32 heavy (non-hydrogen) atoms. The number of aliphatic hydroxyl groups is 1. The molecule has 8 heteroatoms. The van der Waals surface area contributed by atoms with Gasteiger partial charge < -0.3 is 20.6 Å². The smallest absolute Gasteiger partial charge is 0.318 e. The van der Waals surface area contributed by atoms with Gasteiger partial charge in [0, 0.05) is 10.6 Å². The minimum absolute atomic E-state index is 0.0192. The average Bonchev–Trinajstić information content (AvgIpc) is 3.24. The summed E-state index contributed by atoms with van der Waals surface area (Å²) in [6.45, 7) is 15.2. The Kier molecular flexibility index (Phi) is 6.41. The molecule has 2 heterocycles. The van der Waals surface area contributed by atoms with Gasteiger partial charge in [-0.05, 0) is 25.0 Å². The summed E-state index contributed by atoms with van der Waals surface area (Å²) < 4.78 is 0. The topological polar surface area (TPSA) is 94.0 Å². The lowest BCUT2D eigenvalue weighted by atomic mass is 9.94. The highest BCUT2D eigenvalue weighted by Gasteiger charge is 2.47. The zero-order valence-corrected chi connectivity index (χ0v) is 21.2. The Morgan fingerprint density at radius 1 is 1.22 bits per heavy atom. The van der Waals surface area contributed by atoms with Gasteiger partial charge in [-0.2, -0.15) is 0 Å². The molecule has 0 spiro atoms. The van der Waals surface area contributed by atoms with Gasteiger partial charge in [0.25, 0.3) is 0 Å². The molecule has 3 N–H and O–H groups in total. The van der Waals surface area contributed by atoms with Crippen molar-refractivity contribution in [2.45, 2.75) is 64.0 Å². The third-order valence-electron chi connectivity index (χ3n) is 7.38. The highest BCUT2D eigenvalue weighted by atomic mass is 28.3. The average molecular weight is 457 g/mol. The summed E-state index contributed by atoms with van der Waals surface area (Å²) in [4.78, 5) is 32.6. The number of nitrogens with one attached hydrogen (secondary N) is 2. The number of aliphatic hydroxyl groups excluding tert-OH is 1. The molecule has 0 unspecified atom stereocenters. The van der Waals surface area contributed by atoms with Crippen molar-refractivity contribution >= 4 is 25.8 Å². The van der Waals surface area contributed by atoms with Crippen LogP contribution in [0.3, 0.4) is 0 Å². The van der Waals surface area contributed by atoms with Crippen LogP contribution in [0, 0.1) is 0 Å². The van der Waals surface area contributed by atoms with E-state index < -0.39 is 24.7 Å². The number of urea groups is 1. The second-order valence-electron chi connectivity index (χ2n) is 10.7. The summed E-state index contributed by atoms with van der Waals surface area (Å²) in [5.41, 5.74) is 2.28. The SMILES string of the molecule is CC1(C)C2=C(CN1C(=O)N[C@H](CO)c1ccccc1)C(NC(=O)C(C)(C)[Si](C)(C)C)=NC2. The van der Waals surface area contributed by atoms with E-state index in [4.69, 9.17) is 0 Å². The fourth-order valence-electron chi connectivity index (χ4n) is 3.94. The van der Waals surface area contributed by atoms with Crippen molar-refractivity contribution in [3.8, 4) is 0 Å². The summed E-state index contributed by atoms with van der Waals surface area (Å²) >= 11 is 0. The maximum Gasteiger partial charge on any atom is 0.318 e. The molecule has 2 aliphatic rings. The predicted molar refractivity (Wildman–Crippen MR) is 130 cm³/mol. The number of carbonyl (C=O) groups excluding carboxylic acids is 2. The van der Waals surface area contributed by atoms with Gasteiger partial charge in [-0.25, -0.2) is 4.79 Å². The normalized spacial score (nSPS) is 18.9. The van der Waals surface area contributed by atoms with Crippen LogP contribution in [0.15, 0.2) is 46.5 Å². The molecule has 2 aliphatic heterocycles. The second-order valence-corrected chi connectivity index (χ2v) is 16.4. The fourth-order valence-corrected chi connectivity index (χ4v) is 4.68. The third-order valence-corrected chi connectivity index (χ3v) is 11.4. The van der Waals surface area contributed by atoms with Crippen molar-refractivity contribution in [3.05, 3.63) is 47.0 Å². The Bertz CT molecular complexity index is 961. The minimum Gasteiger partial charge on any atom is -0.394 e. The highest BCUT2D eigenvalue weighted by Crippen LogP contribution is 2.40. The van der Waals surface area contributed by atoms with Gasteiger partial charge in [-0.1, -0.05) is 63.8 Å². The number of hydrogen-bond acceptors (Lipinski definition) is 4. The zero-order valence-electron chi connectivity index (χ0n) is 20.2. The molecule has 1 aromatic rings. The molecular weight excluding hydrogens is 420 g/mol. The van der Waals surface area contributed by atoms with E-state index in [2.05, 4.69) is 35.3 Å². The van der Waals surface area contributed by atoms with Gasteiger partial charge in [0.1, 0.15) is 5.84 Å². The third kappa shape index (κ3) is 4.25. The Hall–Kier alpha value is -2.45. The molecule has 0 saturated carbocycles. The Labute approximate surface area is 192 Å². The molecule has 7 nitrogen and oxygen atoms in total. The van der Waals surface area contributed by atoms with Crippen molar-refractivity contribution in [2.75, 3.05) is 19.7 Å². The van der Waals surface area contributed by atoms with E-state index in [1.54, 1.807) is 4.90 Å². The lowest BCUT2D eigenvalue weighted by Crippen LogP contribution is -2.52. The largest absolute Gasteiger partial charge is 0.394 e. The number of carbonyl (C=O) groups is 2. The van der Waals surface area contributed by atoms with Crippen LogP contribution in [0.1, 0.15) is 39.3 Å². The second kappa shape index (κ2) is 8.48. The first-order valence-corrected chi connectivity index (χ1v) is 14.6. The van der Waals surface area contributed by atoms with Crippen molar-refractivity contribution in [3.63, 3.8) is 0 Å². The molecule has 0 fully saturated rings. The molecular formula is C24H36N4O3Si. The summed E-state index contributed by atoms with van der Waals surface area (Å²) in [5.74, 6) is 0.566. The monoisotopic (exact) mass is 456 g/mol. The molecule has 0 bridgehead atoms. The van der Waals surface area contributed by atoms with E-state index in [1.807, 2.05) is 58.0 Å². The van der Waals surface area contributed by atoms with Gasteiger partial charge in [0.15, 0.2) is 0 Å². The first-order chi connectivity index (χ1) is 14.8. The summed E-state index contributed by atoms with van der Waals surface area (Å²) in [5, 5.41) is 15.4. The molecule has 0 radical (unpaired) electrons. The van der Waals surface area contributed by atoms with Crippen LogP contribution in [0.25, 0.3) is 0 Å². The standard InChI is InChI=1S/C24H36N4O3Si/c1-23(2)18-13-25-20(27-21(30)24(3,4)32(5,6)7)17(18)14-28(23)22(31)26-19(15-29)16-11-9-8-10-12-16/h8-12,19,29H,13-15H2,1-7H3,(H,26,31)(H,25,27,30)/t19-/m1/s1. The van der Waals surface area contributed by atoms with E-state index in [9.17, 15) is 14.7 Å². The highest BCUT2D eigenvalue weighted by molar-refractivity contribution is 6.82. The minimum atomic E-state index is -1.75. The number of amidine groups is 1. The van der Waals surface area contributed by atoms with Gasteiger partial charge >= 0.3 is 6.03 Å². The van der Waals surface area contributed by atoms with E-state index >= 15 is 0 Å². The van der Waals surface area contributed by atoms with Crippen molar-refractivity contribution in [1.29, 1.82) is 0 Å². The number of hydrogen-bond donors (Lipinski definition) is 3. The van der Waals surface area contributed by atoms with Crippen molar-refractivity contribution < 1.29 is 14.7 Å². The maximum atomic E-state index is 13.2. The molecule has 1 aromatic carbocycles. The van der Waals surface area contributed by atoms with Crippen LogP contribution in [-0.2, 0) is 4.79 Å². The van der Waals surface area contributed by atoms with Gasteiger partial charge in [0.2, 0.25) is 5.91 Å². The Balaban J connectivity index is 1.75. The van der Waals surface area contributed by atoms with Gasteiger partial charge in [0.05, 0.1) is 39.4 Å². The van der Waals surface area contributed by atoms with E-state index in [1.165, 1.54) is 0 Å². The van der Waals surface area contributed by atoms with Gasteiger partial charge in [-0.15, -0.1) is 0 Å². The molecule has 1 atom stereocenters. The quantitative estimate of drug-likeness (QED) is 0.592. The van der Waals surface area contributed by atoms with Crippen LogP contribution >= 0.6 is 0 Å². The molecule has 174 valence electrons. The van der Waals surface area contributed by atoms with E-state index in [0.29, 0.717) is 18.9 Å². The molecule has 0 saturated heterocycles.